The van der Waals surface area contributed by atoms with Gasteiger partial charge in [0.05, 0.1) is 25.1 Å². The van der Waals surface area contributed by atoms with Crippen molar-refractivity contribution in [1.29, 1.82) is 0 Å². The molecule has 0 aliphatic rings. The molecule has 28 heavy (non-hydrogen) atoms. The SMILES string of the molecule is CC(C)Cn1cncc1CNC(=O)N(C)Cc1nccn1Cc1ccccc1. The number of carbonyl (C=O) groups is 1. The number of nitrogens with one attached hydrogen (secondary N) is 1. The minimum Gasteiger partial charge on any atom is -0.333 e. The van der Waals surface area contributed by atoms with Gasteiger partial charge < -0.3 is 19.4 Å². The minimum absolute atomic E-state index is 0.133. The van der Waals surface area contributed by atoms with E-state index >= 15 is 0 Å². The van der Waals surface area contributed by atoms with Gasteiger partial charge in [-0.3, -0.25) is 0 Å². The molecule has 0 saturated heterocycles. The first-order chi connectivity index (χ1) is 13.5. The summed E-state index contributed by atoms with van der Waals surface area (Å²) in [6.07, 6.45) is 7.33. The molecule has 1 aromatic carbocycles. The highest BCUT2D eigenvalue weighted by Crippen LogP contribution is 2.08. The molecule has 3 aromatic rings. The number of benzene rings is 1. The maximum Gasteiger partial charge on any atom is 0.317 e. The Balaban J connectivity index is 1.55. The Labute approximate surface area is 166 Å². The fourth-order valence-corrected chi connectivity index (χ4v) is 3.05. The van der Waals surface area contributed by atoms with Crippen LogP contribution < -0.4 is 5.32 Å². The molecule has 148 valence electrons. The molecule has 7 nitrogen and oxygen atoms in total. The van der Waals surface area contributed by atoms with Gasteiger partial charge in [-0.2, -0.15) is 0 Å². The van der Waals surface area contributed by atoms with E-state index in [1.54, 1.807) is 24.3 Å². The minimum atomic E-state index is -0.133. The van der Waals surface area contributed by atoms with Crippen molar-refractivity contribution in [2.24, 2.45) is 5.92 Å². The Hall–Kier alpha value is -3.09. The van der Waals surface area contributed by atoms with Crippen molar-refractivity contribution in [3.8, 4) is 0 Å². The number of hydrogen-bond donors (Lipinski definition) is 1. The molecule has 0 aliphatic carbocycles. The van der Waals surface area contributed by atoms with E-state index < -0.39 is 0 Å². The first kappa shape index (κ1) is 19.7. The predicted octanol–water partition coefficient (Wildman–Crippen LogP) is 3.13. The van der Waals surface area contributed by atoms with Crippen LogP contribution in [0.25, 0.3) is 0 Å². The summed E-state index contributed by atoms with van der Waals surface area (Å²) in [5, 5.41) is 2.97. The number of carbonyl (C=O) groups excluding carboxylic acids is 1. The molecule has 0 atom stereocenters. The van der Waals surface area contributed by atoms with Crippen LogP contribution >= 0.6 is 0 Å². The van der Waals surface area contributed by atoms with E-state index in [-0.39, 0.29) is 6.03 Å². The fourth-order valence-electron chi connectivity index (χ4n) is 3.05. The molecule has 2 heterocycles. The number of aromatic nitrogens is 4. The zero-order valence-corrected chi connectivity index (χ0v) is 16.7. The van der Waals surface area contributed by atoms with Crippen LogP contribution in [0.1, 0.15) is 30.9 Å². The largest absolute Gasteiger partial charge is 0.333 e. The van der Waals surface area contributed by atoms with Crippen LogP contribution in [0.5, 0.6) is 0 Å². The van der Waals surface area contributed by atoms with Gasteiger partial charge in [-0.1, -0.05) is 44.2 Å². The molecule has 7 heteroatoms. The topological polar surface area (TPSA) is 68.0 Å². The van der Waals surface area contributed by atoms with Crippen LogP contribution in [0, 0.1) is 5.92 Å². The van der Waals surface area contributed by atoms with Crippen molar-refractivity contribution >= 4 is 6.03 Å². The maximum atomic E-state index is 12.5. The van der Waals surface area contributed by atoms with Crippen molar-refractivity contribution in [1.82, 2.24) is 29.3 Å². The lowest BCUT2D eigenvalue weighted by atomic mass is 10.2. The predicted molar refractivity (Wildman–Crippen MR) is 109 cm³/mol. The number of nitrogens with zero attached hydrogens (tertiary/aromatic N) is 5. The molecule has 3 rings (SSSR count). The first-order valence-electron chi connectivity index (χ1n) is 9.55. The van der Waals surface area contributed by atoms with Crippen LogP contribution in [-0.2, 0) is 26.2 Å². The molecule has 0 fully saturated rings. The Morgan fingerprint density at radius 1 is 1.21 bits per heavy atom. The monoisotopic (exact) mass is 380 g/mol. The average molecular weight is 380 g/mol. The van der Waals surface area contributed by atoms with Crippen LogP contribution in [0.4, 0.5) is 4.79 Å². The maximum absolute atomic E-state index is 12.5. The van der Waals surface area contributed by atoms with E-state index in [1.807, 2.05) is 30.7 Å². The van der Waals surface area contributed by atoms with E-state index in [0.29, 0.717) is 19.0 Å². The fraction of sp³-hybridized carbons (Fsp3) is 0.381. The Kier molecular flexibility index (Phi) is 6.47. The lowest BCUT2D eigenvalue weighted by Crippen LogP contribution is -2.37. The van der Waals surface area contributed by atoms with E-state index in [1.165, 1.54) is 5.56 Å². The number of hydrogen-bond acceptors (Lipinski definition) is 3. The molecule has 0 unspecified atom stereocenters. The molecular formula is C21H28N6O. The van der Waals surface area contributed by atoms with Crippen molar-refractivity contribution in [3.05, 3.63) is 72.3 Å². The molecule has 0 radical (unpaired) electrons. The van der Waals surface area contributed by atoms with Gasteiger partial charge in [0, 0.05) is 38.7 Å². The van der Waals surface area contributed by atoms with Gasteiger partial charge in [-0.05, 0) is 11.5 Å². The summed E-state index contributed by atoms with van der Waals surface area (Å²) in [6, 6.07) is 10.1. The standard InChI is InChI=1S/C21H28N6O/c1-17(2)13-27-16-22-11-19(27)12-24-21(28)25(3)15-20-23-9-10-26(20)14-18-7-5-4-6-8-18/h4-11,16-17H,12-15H2,1-3H3,(H,24,28). The third kappa shape index (κ3) is 5.22. The van der Waals surface area contributed by atoms with Gasteiger partial charge in [-0.25, -0.2) is 14.8 Å². The summed E-state index contributed by atoms with van der Waals surface area (Å²) in [5.74, 6) is 1.38. The zero-order valence-electron chi connectivity index (χ0n) is 16.7. The summed E-state index contributed by atoms with van der Waals surface area (Å²) in [7, 11) is 1.78. The van der Waals surface area contributed by atoms with Crippen molar-refractivity contribution < 1.29 is 4.79 Å². The van der Waals surface area contributed by atoms with Crippen molar-refractivity contribution in [3.63, 3.8) is 0 Å². The Bertz CT molecular complexity index is 883. The van der Waals surface area contributed by atoms with Crippen LogP contribution in [-0.4, -0.2) is 37.1 Å². The summed E-state index contributed by atoms with van der Waals surface area (Å²) in [5.41, 5.74) is 2.20. The van der Waals surface area contributed by atoms with E-state index in [0.717, 1.165) is 24.6 Å². The Morgan fingerprint density at radius 2 is 2.00 bits per heavy atom. The molecule has 0 aliphatic heterocycles. The quantitative estimate of drug-likeness (QED) is 0.653. The summed E-state index contributed by atoms with van der Waals surface area (Å²) in [6.45, 7) is 6.84. The molecule has 0 saturated carbocycles. The Morgan fingerprint density at radius 3 is 2.75 bits per heavy atom. The number of imidazole rings is 2. The van der Waals surface area contributed by atoms with Gasteiger partial charge in [0.15, 0.2) is 0 Å². The lowest BCUT2D eigenvalue weighted by molar-refractivity contribution is 0.204. The highest BCUT2D eigenvalue weighted by molar-refractivity contribution is 5.73. The summed E-state index contributed by atoms with van der Waals surface area (Å²) in [4.78, 5) is 22.8. The smallest absolute Gasteiger partial charge is 0.317 e. The van der Waals surface area contributed by atoms with Crippen LogP contribution in [0.2, 0.25) is 0 Å². The van der Waals surface area contributed by atoms with Gasteiger partial charge in [0.1, 0.15) is 5.82 Å². The van der Waals surface area contributed by atoms with E-state index in [2.05, 4.69) is 50.4 Å². The molecule has 2 aromatic heterocycles. The van der Waals surface area contributed by atoms with Crippen molar-refractivity contribution in [2.45, 2.75) is 40.0 Å². The second kappa shape index (κ2) is 9.21. The lowest BCUT2D eigenvalue weighted by Gasteiger charge is -2.19. The van der Waals surface area contributed by atoms with Crippen molar-refractivity contribution in [2.75, 3.05) is 7.05 Å². The second-order valence-corrected chi connectivity index (χ2v) is 7.40. The van der Waals surface area contributed by atoms with Gasteiger partial charge >= 0.3 is 6.03 Å². The normalized spacial score (nSPS) is 11.0. The third-order valence-corrected chi connectivity index (χ3v) is 4.50. The summed E-state index contributed by atoms with van der Waals surface area (Å²) >= 11 is 0. The van der Waals surface area contributed by atoms with E-state index in [9.17, 15) is 4.79 Å². The van der Waals surface area contributed by atoms with Crippen LogP contribution in [0.3, 0.4) is 0 Å². The third-order valence-electron chi connectivity index (χ3n) is 4.50. The molecule has 2 amide bonds. The number of amides is 2. The molecule has 1 N–H and O–H groups in total. The van der Waals surface area contributed by atoms with Gasteiger partial charge in [0.2, 0.25) is 0 Å². The number of rotatable bonds is 8. The first-order valence-corrected chi connectivity index (χ1v) is 9.55. The highest BCUT2D eigenvalue weighted by atomic mass is 16.2. The number of urea groups is 1. The second-order valence-electron chi connectivity index (χ2n) is 7.40. The van der Waals surface area contributed by atoms with Gasteiger partial charge in [0.25, 0.3) is 0 Å². The molecule has 0 bridgehead atoms. The van der Waals surface area contributed by atoms with Crippen LogP contribution in [0.15, 0.2) is 55.2 Å². The average Bonchev–Trinajstić information content (AvgIpc) is 3.29. The molecular weight excluding hydrogens is 352 g/mol. The molecule has 0 spiro atoms. The highest BCUT2D eigenvalue weighted by Gasteiger charge is 2.13. The zero-order chi connectivity index (χ0) is 19.9. The summed E-state index contributed by atoms with van der Waals surface area (Å²) < 4.78 is 4.15. The van der Waals surface area contributed by atoms with Gasteiger partial charge in [-0.15, -0.1) is 0 Å². The van der Waals surface area contributed by atoms with E-state index in [4.69, 9.17) is 0 Å².